The van der Waals surface area contributed by atoms with Crippen LogP contribution in [0, 0.1) is 5.82 Å². The van der Waals surface area contributed by atoms with Crippen molar-refractivity contribution in [2.45, 2.75) is 6.10 Å². The van der Waals surface area contributed by atoms with E-state index in [9.17, 15) is 9.18 Å². The van der Waals surface area contributed by atoms with Gasteiger partial charge in [0.05, 0.1) is 12.2 Å². The number of anilines is 2. The van der Waals surface area contributed by atoms with Gasteiger partial charge in [0.2, 0.25) is 0 Å². The van der Waals surface area contributed by atoms with Crippen molar-refractivity contribution in [1.29, 1.82) is 0 Å². The minimum Gasteiger partial charge on any atom is -0.477 e. The molecule has 108 valence electrons. The molecule has 0 spiro atoms. The number of nitrogens with zero attached hydrogens (tertiary/aromatic N) is 1. The number of hydrogen-bond donors (Lipinski definition) is 1. The molecule has 2 aromatic rings. The highest BCUT2D eigenvalue weighted by molar-refractivity contribution is 5.97. The van der Waals surface area contributed by atoms with Crippen LogP contribution in [0.2, 0.25) is 0 Å². The third-order valence-corrected chi connectivity index (χ3v) is 3.45. The topological polar surface area (TPSA) is 41.6 Å². The van der Waals surface area contributed by atoms with Crippen molar-refractivity contribution in [1.82, 2.24) is 0 Å². The van der Waals surface area contributed by atoms with Crippen LogP contribution in [0.4, 0.5) is 15.8 Å². The van der Waals surface area contributed by atoms with Crippen molar-refractivity contribution in [3.05, 3.63) is 54.3 Å². The van der Waals surface area contributed by atoms with Crippen LogP contribution >= 0.6 is 0 Å². The lowest BCUT2D eigenvalue weighted by Crippen LogP contribution is -2.45. The van der Waals surface area contributed by atoms with Crippen molar-refractivity contribution in [3.63, 3.8) is 0 Å². The first-order valence-electron chi connectivity index (χ1n) is 6.68. The zero-order valence-electron chi connectivity index (χ0n) is 11.5. The Kier molecular flexibility index (Phi) is 3.48. The van der Waals surface area contributed by atoms with Crippen LogP contribution < -0.4 is 15.0 Å². The molecule has 1 aliphatic heterocycles. The fraction of sp³-hybridized carbons (Fsp3) is 0.188. The molecule has 2 aromatic carbocycles. The van der Waals surface area contributed by atoms with E-state index >= 15 is 0 Å². The van der Waals surface area contributed by atoms with Gasteiger partial charge in [-0.1, -0.05) is 12.1 Å². The highest BCUT2D eigenvalue weighted by Gasteiger charge is 2.28. The number of rotatable bonds is 2. The Balaban J connectivity index is 1.75. The number of carbonyl (C=O) groups is 1. The smallest absolute Gasteiger partial charge is 0.269 e. The molecule has 1 aliphatic rings. The Morgan fingerprint density at radius 3 is 2.71 bits per heavy atom. The second kappa shape index (κ2) is 5.44. The first-order chi connectivity index (χ1) is 10.1. The maximum Gasteiger partial charge on any atom is 0.269 e. The summed E-state index contributed by atoms with van der Waals surface area (Å²) in [4.78, 5) is 13.9. The average Bonchev–Trinajstić information content (AvgIpc) is 2.54. The normalized spacial score (nSPS) is 16.4. The Morgan fingerprint density at radius 2 is 1.95 bits per heavy atom. The van der Waals surface area contributed by atoms with Crippen LogP contribution in [0.25, 0.3) is 0 Å². The summed E-state index contributed by atoms with van der Waals surface area (Å²) in [5.74, 6) is 0.155. The summed E-state index contributed by atoms with van der Waals surface area (Å²) in [5.41, 5.74) is 1.51. The van der Waals surface area contributed by atoms with Crippen LogP contribution in [0.3, 0.4) is 0 Å². The molecule has 4 nitrogen and oxygen atoms in total. The van der Waals surface area contributed by atoms with Gasteiger partial charge in [0.1, 0.15) is 11.6 Å². The van der Waals surface area contributed by atoms with Crippen molar-refractivity contribution < 1.29 is 13.9 Å². The van der Waals surface area contributed by atoms with Crippen molar-refractivity contribution in [3.8, 4) is 5.75 Å². The largest absolute Gasteiger partial charge is 0.477 e. The number of nitrogens with one attached hydrogen (secondary N) is 1. The minimum atomic E-state index is -0.602. The lowest BCUT2D eigenvalue weighted by atomic mass is 10.2. The van der Waals surface area contributed by atoms with Gasteiger partial charge in [-0.15, -0.1) is 0 Å². The Hall–Kier alpha value is -2.56. The summed E-state index contributed by atoms with van der Waals surface area (Å²) in [6, 6.07) is 13.3. The first-order valence-corrected chi connectivity index (χ1v) is 6.68. The zero-order chi connectivity index (χ0) is 14.8. The van der Waals surface area contributed by atoms with Crippen LogP contribution in [0.5, 0.6) is 5.75 Å². The molecule has 1 heterocycles. The lowest BCUT2D eigenvalue weighted by Gasteiger charge is -2.29. The number of hydrogen-bond acceptors (Lipinski definition) is 3. The van der Waals surface area contributed by atoms with E-state index in [0.717, 1.165) is 5.69 Å². The number of fused-ring (bicyclic) bond motifs is 1. The third kappa shape index (κ3) is 2.67. The van der Waals surface area contributed by atoms with Crippen molar-refractivity contribution in [2.75, 3.05) is 23.8 Å². The second-order valence-corrected chi connectivity index (χ2v) is 4.86. The fourth-order valence-electron chi connectivity index (χ4n) is 2.26. The van der Waals surface area contributed by atoms with Gasteiger partial charge in [0, 0.05) is 12.7 Å². The summed E-state index contributed by atoms with van der Waals surface area (Å²) in [6.45, 7) is 0.404. The molecule has 0 fully saturated rings. The predicted molar refractivity (Wildman–Crippen MR) is 79.2 cm³/mol. The van der Waals surface area contributed by atoms with E-state index in [1.54, 1.807) is 19.2 Å². The summed E-state index contributed by atoms with van der Waals surface area (Å²) < 4.78 is 18.7. The molecule has 0 aromatic heterocycles. The molecule has 1 atom stereocenters. The summed E-state index contributed by atoms with van der Waals surface area (Å²) in [6.07, 6.45) is -0.602. The van der Waals surface area contributed by atoms with Gasteiger partial charge in [-0.05, 0) is 36.4 Å². The molecular weight excluding hydrogens is 271 g/mol. The SMILES string of the molecule is CN(C(=O)C1CNc2ccccc2O1)c1ccc(F)cc1. The maximum atomic E-state index is 12.9. The van der Waals surface area contributed by atoms with Crippen LogP contribution in [-0.4, -0.2) is 25.6 Å². The molecule has 1 N–H and O–H groups in total. The number of para-hydroxylation sites is 2. The predicted octanol–water partition coefficient (Wildman–Crippen LogP) is 2.66. The molecule has 0 radical (unpaired) electrons. The quantitative estimate of drug-likeness (QED) is 0.923. The van der Waals surface area contributed by atoms with Gasteiger partial charge in [0.25, 0.3) is 5.91 Å². The van der Waals surface area contributed by atoms with Gasteiger partial charge in [-0.3, -0.25) is 4.79 Å². The molecule has 1 amide bonds. The van der Waals surface area contributed by atoms with E-state index in [2.05, 4.69) is 5.32 Å². The summed E-state index contributed by atoms with van der Waals surface area (Å²) >= 11 is 0. The molecule has 1 unspecified atom stereocenters. The van der Waals surface area contributed by atoms with E-state index in [-0.39, 0.29) is 11.7 Å². The van der Waals surface area contributed by atoms with Gasteiger partial charge < -0.3 is 15.0 Å². The highest BCUT2D eigenvalue weighted by atomic mass is 19.1. The van der Waals surface area contributed by atoms with E-state index in [1.807, 2.05) is 24.3 Å². The summed E-state index contributed by atoms with van der Waals surface area (Å²) in [5, 5.41) is 3.18. The molecule has 0 bridgehead atoms. The molecule has 21 heavy (non-hydrogen) atoms. The molecular formula is C16H15FN2O2. The molecule has 0 saturated heterocycles. The van der Waals surface area contributed by atoms with Crippen LogP contribution in [-0.2, 0) is 4.79 Å². The van der Waals surface area contributed by atoms with Crippen molar-refractivity contribution >= 4 is 17.3 Å². The third-order valence-electron chi connectivity index (χ3n) is 3.45. The maximum absolute atomic E-state index is 12.9. The van der Waals surface area contributed by atoms with E-state index in [1.165, 1.54) is 17.0 Å². The van der Waals surface area contributed by atoms with E-state index < -0.39 is 6.10 Å². The van der Waals surface area contributed by atoms with Gasteiger partial charge in [0.15, 0.2) is 6.10 Å². The molecule has 0 saturated carbocycles. The molecule has 3 rings (SSSR count). The van der Waals surface area contributed by atoms with Gasteiger partial charge in [-0.25, -0.2) is 4.39 Å². The number of ether oxygens (including phenoxy) is 1. The minimum absolute atomic E-state index is 0.177. The van der Waals surface area contributed by atoms with Crippen LogP contribution in [0.15, 0.2) is 48.5 Å². The van der Waals surface area contributed by atoms with E-state index in [4.69, 9.17) is 4.74 Å². The Labute approximate surface area is 122 Å². The Bertz CT molecular complexity index is 658. The number of halogens is 1. The fourth-order valence-corrected chi connectivity index (χ4v) is 2.26. The lowest BCUT2D eigenvalue weighted by molar-refractivity contribution is -0.124. The van der Waals surface area contributed by atoms with E-state index in [0.29, 0.717) is 18.0 Å². The number of likely N-dealkylation sites (N-methyl/N-ethyl adjacent to an activating group) is 1. The number of carbonyl (C=O) groups excluding carboxylic acids is 1. The molecule has 5 heteroatoms. The summed E-state index contributed by atoms with van der Waals surface area (Å²) in [7, 11) is 1.65. The zero-order valence-corrected chi connectivity index (χ0v) is 11.5. The number of amides is 1. The standard InChI is InChI=1S/C16H15FN2O2/c1-19(12-8-6-11(17)7-9-12)16(20)15-10-18-13-4-2-3-5-14(13)21-15/h2-9,15,18H,10H2,1H3. The number of benzene rings is 2. The molecule has 0 aliphatic carbocycles. The average molecular weight is 286 g/mol. The van der Waals surface area contributed by atoms with Gasteiger partial charge >= 0.3 is 0 Å². The second-order valence-electron chi connectivity index (χ2n) is 4.86. The monoisotopic (exact) mass is 286 g/mol. The first kappa shape index (κ1) is 13.4. The highest BCUT2D eigenvalue weighted by Crippen LogP contribution is 2.29. The van der Waals surface area contributed by atoms with Crippen LogP contribution in [0.1, 0.15) is 0 Å². The van der Waals surface area contributed by atoms with Crippen molar-refractivity contribution in [2.24, 2.45) is 0 Å². The van der Waals surface area contributed by atoms with Gasteiger partial charge in [-0.2, -0.15) is 0 Å². The Morgan fingerprint density at radius 1 is 1.24 bits per heavy atom.